The predicted molar refractivity (Wildman–Crippen MR) is 163 cm³/mol. The Morgan fingerprint density at radius 1 is 0.889 bits per heavy atom. The van der Waals surface area contributed by atoms with Gasteiger partial charge in [-0.1, -0.05) is 41.0 Å². The number of unbranched alkanes of at least 4 members (excludes halogenated alkanes) is 2. The molecule has 17 heteroatoms. The predicted octanol–water partition coefficient (Wildman–Crippen LogP) is -0.466. The van der Waals surface area contributed by atoms with Crippen molar-refractivity contribution in [3.05, 3.63) is 12.2 Å². The molecular weight excluding hydrogens is 612 g/mol. The zero-order valence-electron chi connectivity index (χ0n) is 26.4. The SMILES string of the molecule is CC(C)[C@@H](NC(=O)[C@@H](CS(=O)(=O)O)NC(=O)CCCCCN1C(=O)C=CC1=O)C(=O)N[C@H](CCCNC(N)=O)C(=O)C(C)(C)C. The summed E-state index contributed by atoms with van der Waals surface area (Å²) < 4.78 is 32.7. The number of amides is 7. The molecule has 1 rings (SSSR count). The van der Waals surface area contributed by atoms with Crippen molar-refractivity contribution in [3.8, 4) is 0 Å². The summed E-state index contributed by atoms with van der Waals surface area (Å²) in [5.74, 6) is -5.29. The van der Waals surface area contributed by atoms with Crippen molar-refractivity contribution in [1.82, 2.24) is 26.2 Å². The van der Waals surface area contributed by atoms with Gasteiger partial charge in [0.05, 0.1) is 6.04 Å². The first-order valence-corrected chi connectivity index (χ1v) is 16.3. The van der Waals surface area contributed by atoms with Crippen molar-refractivity contribution in [1.29, 1.82) is 0 Å². The molecule has 0 aromatic rings. The second kappa shape index (κ2) is 17.6. The number of primary amides is 1. The summed E-state index contributed by atoms with van der Waals surface area (Å²) in [5, 5.41) is 9.74. The molecule has 0 fully saturated rings. The van der Waals surface area contributed by atoms with Crippen LogP contribution in [0.2, 0.25) is 0 Å². The van der Waals surface area contributed by atoms with Gasteiger partial charge in [-0.25, -0.2) is 4.79 Å². The topological polar surface area (TPSA) is 251 Å². The average Bonchev–Trinajstić information content (AvgIpc) is 3.22. The number of nitrogens with two attached hydrogens (primary N) is 1. The Balaban J connectivity index is 2.88. The molecule has 0 aliphatic carbocycles. The van der Waals surface area contributed by atoms with Crippen LogP contribution in [0, 0.1) is 11.3 Å². The largest absolute Gasteiger partial charge is 0.352 e. The molecule has 3 atom stereocenters. The first-order chi connectivity index (χ1) is 20.7. The van der Waals surface area contributed by atoms with Gasteiger partial charge in [0, 0.05) is 37.1 Å². The average molecular weight is 659 g/mol. The first kappa shape index (κ1) is 39.2. The first-order valence-electron chi connectivity index (χ1n) is 14.7. The number of imide groups is 1. The van der Waals surface area contributed by atoms with Crippen molar-refractivity contribution in [2.75, 3.05) is 18.8 Å². The lowest BCUT2D eigenvalue weighted by Gasteiger charge is -2.29. The number of nitrogens with one attached hydrogen (secondary N) is 4. The van der Waals surface area contributed by atoms with Crippen LogP contribution in [0.25, 0.3) is 0 Å². The zero-order valence-corrected chi connectivity index (χ0v) is 27.2. The van der Waals surface area contributed by atoms with E-state index in [2.05, 4.69) is 21.3 Å². The molecule has 1 aliphatic heterocycles. The lowest BCUT2D eigenvalue weighted by molar-refractivity contribution is -0.137. The van der Waals surface area contributed by atoms with Crippen LogP contribution in [0.5, 0.6) is 0 Å². The van der Waals surface area contributed by atoms with Gasteiger partial charge in [0.25, 0.3) is 21.9 Å². The van der Waals surface area contributed by atoms with Crippen molar-refractivity contribution in [2.24, 2.45) is 17.1 Å². The van der Waals surface area contributed by atoms with Gasteiger partial charge < -0.3 is 27.0 Å². The second-order valence-corrected chi connectivity index (χ2v) is 13.7. The van der Waals surface area contributed by atoms with E-state index >= 15 is 0 Å². The third kappa shape index (κ3) is 14.6. The molecular formula is C28H46N6O10S. The molecule has 0 aromatic heterocycles. The number of rotatable bonds is 19. The number of hydrogen-bond acceptors (Lipinski definition) is 9. The summed E-state index contributed by atoms with van der Waals surface area (Å²) in [6.07, 6.45) is 3.84. The number of nitrogens with zero attached hydrogens (tertiary/aromatic N) is 1. The molecule has 1 aliphatic rings. The maximum atomic E-state index is 13.3. The molecule has 7 N–H and O–H groups in total. The molecule has 45 heavy (non-hydrogen) atoms. The fraction of sp³-hybridized carbons (Fsp3) is 0.679. The van der Waals surface area contributed by atoms with Crippen LogP contribution in [0.3, 0.4) is 0 Å². The van der Waals surface area contributed by atoms with Crippen LogP contribution >= 0.6 is 0 Å². The summed E-state index contributed by atoms with van der Waals surface area (Å²) in [7, 11) is -4.74. The summed E-state index contributed by atoms with van der Waals surface area (Å²) in [5.41, 5.74) is 4.23. The van der Waals surface area contributed by atoms with Gasteiger partial charge in [-0.2, -0.15) is 8.42 Å². The highest BCUT2D eigenvalue weighted by Crippen LogP contribution is 2.19. The molecule has 0 unspecified atom stereocenters. The number of Topliss-reactive ketones (excluding diaryl/α,β-unsaturated/α-hetero) is 1. The Bertz CT molecular complexity index is 1240. The van der Waals surface area contributed by atoms with Gasteiger partial charge in [-0.05, 0) is 31.6 Å². The molecule has 0 aromatic carbocycles. The van der Waals surface area contributed by atoms with Crippen molar-refractivity contribution in [2.45, 2.75) is 91.3 Å². The molecule has 16 nitrogen and oxygen atoms in total. The van der Waals surface area contributed by atoms with Crippen molar-refractivity contribution < 1.29 is 46.5 Å². The summed E-state index contributed by atoms with van der Waals surface area (Å²) in [4.78, 5) is 87.3. The lowest BCUT2D eigenvalue weighted by Crippen LogP contribution is -2.59. The zero-order chi connectivity index (χ0) is 34.5. The van der Waals surface area contributed by atoms with E-state index in [4.69, 9.17) is 5.73 Å². The minimum atomic E-state index is -4.74. The van der Waals surface area contributed by atoms with Crippen LogP contribution in [-0.2, 0) is 38.9 Å². The lowest BCUT2D eigenvalue weighted by atomic mass is 9.84. The van der Waals surface area contributed by atoms with E-state index in [1.165, 1.54) is 12.2 Å². The van der Waals surface area contributed by atoms with E-state index in [-0.39, 0.29) is 31.7 Å². The summed E-state index contributed by atoms with van der Waals surface area (Å²) in [6, 6.07) is -4.70. The summed E-state index contributed by atoms with van der Waals surface area (Å²) >= 11 is 0. The van der Waals surface area contributed by atoms with Gasteiger partial charge in [0.1, 0.15) is 17.8 Å². The Kier molecular flexibility index (Phi) is 15.3. The van der Waals surface area contributed by atoms with E-state index in [1.54, 1.807) is 34.6 Å². The number of carbonyl (C=O) groups is 7. The van der Waals surface area contributed by atoms with Gasteiger partial charge in [-0.3, -0.25) is 38.2 Å². The molecule has 0 saturated carbocycles. The number of urea groups is 1. The quantitative estimate of drug-likeness (QED) is 0.0591. The molecule has 1 heterocycles. The Morgan fingerprint density at radius 2 is 1.49 bits per heavy atom. The molecule has 0 bridgehead atoms. The summed E-state index contributed by atoms with van der Waals surface area (Å²) in [6.45, 7) is 8.57. The van der Waals surface area contributed by atoms with Gasteiger partial charge in [-0.15, -0.1) is 0 Å². The van der Waals surface area contributed by atoms with E-state index in [0.29, 0.717) is 25.7 Å². The smallest absolute Gasteiger partial charge is 0.312 e. The minimum absolute atomic E-state index is 0.120. The van der Waals surface area contributed by atoms with E-state index < -0.39 is 80.9 Å². The van der Waals surface area contributed by atoms with Gasteiger partial charge in [0.15, 0.2) is 5.78 Å². The van der Waals surface area contributed by atoms with Crippen LogP contribution in [0.4, 0.5) is 4.79 Å². The second-order valence-electron chi connectivity index (χ2n) is 12.2. The fourth-order valence-electron chi connectivity index (χ4n) is 4.40. The van der Waals surface area contributed by atoms with E-state index in [9.17, 15) is 46.5 Å². The molecule has 0 saturated heterocycles. The van der Waals surface area contributed by atoms with Crippen LogP contribution in [0.15, 0.2) is 12.2 Å². The van der Waals surface area contributed by atoms with Crippen molar-refractivity contribution >= 4 is 51.5 Å². The minimum Gasteiger partial charge on any atom is -0.352 e. The highest BCUT2D eigenvalue weighted by Gasteiger charge is 2.35. The molecule has 254 valence electrons. The van der Waals surface area contributed by atoms with Gasteiger partial charge in [0.2, 0.25) is 17.7 Å². The maximum absolute atomic E-state index is 13.3. The van der Waals surface area contributed by atoms with E-state index in [1.807, 2.05) is 0 Å². The Labute approximate surface area is 263 Å². The number of ketones is 1. The standard InChI is InChI=1S/C28H46N6O10S/c1-17(2)23(26(40)32-18(24(38)28(3,4)5)10-9-14-30-27(29)41)33-25(39)19(16-45(42,43)44)31-20(35)11-7-6-8-15-34-21(36)12-13-22(34)37/h12-13,17-19,23H,6-11,14-16H2,1-5H3,(H,31,35)(H,32,40)(H,33,39)(H3,29,30,41)(H,42,43,44)/t18-,19-,23-/m1/s1. The van der Waals surface area contributed by atoms with Crippen LogP contribution in [0.1, 0.15) is 73.1 Å². The van der Waals surface area contributed by atoms with Crippen LogP contribution in [-0.4, -0.2) is 96.2 Å². The molecule has 0 spiro atoms. The van der Waals surface area contributed by atoms with Gasteiger partial charge >= 0.3 is 6.03 Å². The highest BCUT2D eigenvalue weighted by molar-refractivity contribution is 7.85. The number of carbonyl (C=O) groups excluding carboxylic acids is 7. The molecule has 7 amide bonds. The third-order valence-electron chi connectivity index (χ3n) is 6.80. The van der Waals surface area contributed by atoms with E-state index in [0.717, 1.165) is 4.90 Å². The monoisotopic (exact) mass is 658 g/mol. The Morgan fingerprint density at radius 3 is 2.00 bits per heavy atom. The van der Waals surface area contributed by atoms with Crippen molar-refractivity contribution in [3.63, 3.8) is 0 Å². The normalized spacial score (nSPS) is 15.4. The number of hydrogen-bond donors (Lipinski definition) is 6. The maximum Gasteiger partial charge on any atom is 0.312 e. The highest BCUT2D eigenvalue weighted by atomic mass is 32.2. The van der Waals surface area contributed by atoms with Crippen LogP contribution < -0.4 is 27.0 Å². The third-order valence-corrected chi connectivity index (χ3v) is 7.56. The Hall–Kier alpha value is -3.86. The molecule has 0 radical (unpaired) electrons. The fourth-order valence-corrected chi connectivity index (χ4v) is 5.06.